The molecule has 0 saturated carbocycles. The Hall–Kier alpha value is -2.88. The van der Waals surface area contributed by atoms with Crippen molar-refractivity contribution in [3.8, 4) is 0 Å². The van der Waals surface area contributed by atoms with Crippen LogP contribution in [0.2, 0.25) is 0 Å². The molecule has 0 fully saturated rings. The Morgan fingerprint density at radius 1 is 0.619 bits per heavy atom. The van der Waals surface area contributed by atoms with E-state index in [1.54, 1.807) is 36.7 Å². The summed E-state index contributed by atoms with van der Waals surface area (Å²) in [5.41, 5.74) is 3.13. The minimum absolute atomic E-state index is 0.324. The van der Waals surface area contributed by atoms with E-state index in [1.807, 2.05) is 24.3 Å². The number of rotatable bonds is 6. The summed E-state index contributed by atoms with van der Waals surface area (Å²) in [6.45, 7) is 0.324. The number of carbonyl (C=O) groups excluding carboxylic acids is 2. The molecule has 0 aliphatic heterocycles. The molecule has 4 nitrogen and oxygen atoms in total. The Labute approximate surface area is 122 Å². The van der Waals surface area contributed by atoms with Crippen LogP contribution in [0.15, 0.2) is 58.5 Å². The Kier molecular flexibility index (Phi) is 5.29. The van der Waals surface area contributed by atoms with Crippen LogP contribution in [0.4, 0.5) is 0 Å². The summed E-state index contributed by atoms with van der Waals surface area (Å²) in [6.07, 6.45) is 5.03. The molecular formula is C17H14N2O2. The predicted molar refractivity (Wildman–Crippen MR) is 83.7 cm³/mol. The van der Waals surface area contributed by atoms with Gasteiger partial charge in [-0.15, -0.1) is 0 Å². The van der Waals surface area contributed by atoms with E-state index in [1.165, 1.54) is 0 Å². The quantitative estimate of drug-likeness (QED) is 0.602. The third-order valence-electron chi connectivity index (χ3n) is 2.79. The fourth-order valence-corrected chi connectivity index (χ4v) is 1.66. The van der Waals surface area contributed by atoms with Crippen LogP contribution in [0, 0.1) is 0 Å². The summed E-state index contributed by atoms with van der Waals surface area (Å²) in [4.78, 5) is 29.4. The van der Waals surface area contributed by atoms with Crippen molar-refractivity contribution in [2.75, 3.05) is 6.67 Å². The zero-order valence-electron chi connectivity index (χ0n) is 11.3. The van der Waals surface area contributed by atoms with Gasteiger partial charge in [0.25, 0.3) is 0 Å². The smallest absolute Gasteiger partial charge is 0.150 e. The van der Waals surface area contributed by atoms with Gasteiger partial charge in [0.2, 0.25) is 0 Å². The molecule has 2 rings (SSSR count). The topological polar surface area (TPSA) is 58.9 Å². The average Bonchev–Trinajstić information content (AvgIpc) is 2.55. The number of benzene rings is 2. The molecule has 2 aromatic rings. The average molecular weight is 278 g/mol. The molecule has 0 saturated heterocycles. The van der Waals surface area contributed by atoms with Crippen LogP contribution in [0.3, 0.4) is 0 Å². The summed E-state index contributed by atoms with van der Waals surface area (Å²) in [7, 11) is 0. The molecule has 2 aromatic carbocycles. The highest BCUT2D eigenvalue weighted by atomic mass is 16.1. The number of aliphatic imine (C=N–C) groups is 2. The number of aldehydes is 2. The summed E-state index contributed by atoms with van der Waals surface area (Å²) < 4.78 is 0. The second-order valence-corrected chi connectivity index (χ2v) is 4.33. The van der Waals surface area contributed by atoms with Gasteiger partial charge in [0.15, 0.2) is 0 Å². The minimum atomic E-state index is 0.324. The summed E-state index contributed by atoms with van der Waals surface area (Å²) in [5.74, 6) is 0. The van der Waals surface area contributed by atoms with E-state index in [-0.39, 0.29) is 0 Å². The fourth-order valence-electron chi connectivity index (χ4n) is 1.66. The Morgan fingerprint density at radius 3 is 1.29 bits per heavy atom. The minimum Gasteiger partial charge on any atom is -0.298 e. The SMILES string of the molecule is O=Cc1ccc(C=NCN=Cc2ccc(C=O)cc2)cc1. The van der Waals surface area contributed by atoms with E-state index in [2.05, 4.69) is 9.98 Å². The van der Waals surface area contributed by atoms with Crippen LogP contribution in [0.25, 0.3) is 0 Å². The zero-order chi connectivity index (χ0) is 14.9. The Morgan fingerprint density at radius 2 is 0.952 bits per heavy atom. The highest BCUT2D eigenvalue weighted by Gasteiger charge is 1.90. The first-order valence-electron chi connectivity index (χ1n) is 6.42. The third-order valence-corrected chi connectivity index (χ3v) is 2.79. The third kappa shape index (κ3) is 4.62. The second-order valence-electron chi connectivity index (χ2n) is 4.33. The molecular weight excluding hydrogens is 264 g/mol. The lowest BCUT2D eigenvalue weighted by atomic mass is 10.2. The van der Waals surface area contributed by atoms with Gasteiger partial charge in [-0.1, -0.05) is 48.5 Å². The molecule has 0 bridgehead atoms. The van der Waals surface area contributed by atoms with Gasteiger partial charge in [0.1, 0.15) is 19.2 Å². The van der Waals surface area contributed by atoms with E-state index in [0.29, 0.717) is 17.8 Å². The van der Waals surface area contributed by atoms with E-state index in [4.69, 9.17) is 0 Å². The van der Waals surface area contributed by atoms with Crippen molar-refractivity contribution in [3.05, 3.63) is 70.8 Å². The molecule has 0 spiro atoms. The Bertz CT molecular complexity index is 597. The summed E-state index contributed by atoms with van der Waals surface area (Å²) in [6, 6.07) is 14.3. The normalized spacial score (nSPS) is 11.0. The first-order chi connectivity index (χ1) is 10.3. The maximum atomic E-state index is 10.5. The maximum absolute atomic E-state index is 10.5. The first kappa shape index (κ1) is 14.5. The molecule has 21 heavy (non-hydrogen) atoms. The van der Waals surface area contributed by atoms with E-state index in [9.17, 15) is 9.59 Å². The highest BCUT2D eigenvalue weighted by molar-refractivity contribution is 5.83. The fraction of sp³-hybridized carbons (Fsp3) is 0.0588. The van der Waals surface area contributed by atoms with Crippen molar-refractivity contribution in [1.82, 2.24) is 0 Å². The molecule has 0 atom stereocenters. The van der Waals surface area contributed by atoms with Crippen molar-refractivity contribution in [2.24, 2.45) is 9.98 Å². The van der Waals surface area contributed by atoms with Crippen molar-refractivity contribution in [2.45, 2.75) is 0 Å². The highest BCUT2D eigenvalue weighted by Crippen LogP contribution is 2.01. The lowest BCUT2D eigenvalue weighted by Gasteiger charge is -1.94. The lowest BCUT2D eigenvalue weighted by molar-refractivity contribution is 0.111. The van der Waals surface area contributed by atoms with Crippen LogP contribution in [-0.4, -0.2) is 31.7 Å². The Balaban J connectivity index is 1.87. The molecule has 0 N–H and O–H groups in total. The molecule has 0 radical (unpaired) electrons. The molecule has 104 valence electrons. The van der Waals surface area contributed by atoms with Gasteiger partial charge >= 0.3 is 0 Å². The maximum Gasteiger partial charge on any atom is 0.150 e. The van der Waals surface area contributed by atoms with Crippen LogP contribution in [-0.2, 0) is 0 Å². The van der Waals surface area contributed by atoms with E-state index < -0.39 is 0 Å². The number of hydrogen-bond acceptors (Lipinski definition) is 4. The summed E-state index contributed by atoms with van der Waals surface area (Å²) >= 11 is 0. The van der Waals surface area contributed by atoms with Crippen LogP contribution < -0.4 is 0 Å². The lowest BCUT2D eigenvalue weighted by Crippen LogP contribution is -1.87. The second kappa shape index (κ2) is 7.65. The molecule has 4 heteroatoms. The van der Waals surface area contributed by atoms with Crippen molar-refractivity contribution < 1.29 is 9.59 Å². The van der Waals surface area contributed by atoms with Gasteiger partial charge in [-0.25, -0.2) is 0 Å². The standard InChI is InChI=1S/C17H14N2O2/c20-11-16-5-1-14(2-6-16)9-18-13-19-10-15-3-7-17(12-21)8-4-15/h1-12H,13H2. The molecule has 0 unspecified atom stereocenters. The molecule has 0 aromatic heterocycles. The van der Waals surface area contributed by atoms with E-state index >= 15 is 0 Å². The van der Waals surface area contributed by atoms with Gasteiger partial charge in [0.05, 0.1) is 0 Å². The molecule has 0 aliphatic carbocycles. The van der Waals surface area contributed by atoms with Gasteiger partial charge in [-0.3, -0.25) is 19.6 Å². The van der Waals surface area contributed by atoms with Crippen molar-refractivity contribution in [3.63, 3.8) is 0 Å². The number of nitrogens with zero attached hydrogens (tertiary/aromatic N) is 2. The van der Waals surface area contributed by atoms with Crippen molar-refractivity contribution in [1.29, 1.82) is 0 Å². The van der Waals surface area contributed by atoms with Crippen LogP contribution in [0.5, 0.6) is 0 Å². The van der Waals surface area contributed by atoms with Crippen LogP contribution in [0.1, 0.15) is 31.8 Å². The molecule has 0 amide bonds. The van der Waals surface area contributed by atoms with Gasteiger partial charge in [-0.2, -0.15) is 0 Å². The van der Waals surface area contributed by atoms with Gasteiger partial charge < -0.3 is 0 Å². The molecule has 0 heterocycles. The predicted octanol–water partition coefficient (Wildman–Crippen LogP) is 2.81. The largest absolute Gasteiger partial charge is 0.298 e. The number of hydrogen-bond donors (Lipinski definition) is 0. The summed E-state index contributed by atoms with van der Waals surface area (Å²) in [5, 5.41) is 0. The van der Waals surface area contributed by atoms with Gasteiger partial charge in [-0.05, 0) is 11.1 Å². The zero-order valence-corrected chi connectivity index (χ0v) is 11.3. The first-order valence-corrected chi connectivity index (χ1v) is 6.42. The van der Waals surface area contributed by atoms with Gasteiger partial charge in [0, 0.05) is 23.6 Å². The van der Waals surface area contributed by atoms with Crippen LogP contribution >= 0.6 is 0 Å². The van der Waals surface area contributed by atoms with Crippen molar-refractivity contribution >= 4 is 25.0 Å². The monoisotopic (exact) mass is 278 g/mol. The van der Waals surface area contributed by atoms with E-state index in [0.717, 1.165) is 23.7 Å². The molecule has 0 aliphatic rings. The number of carbonyl (C=O) groups is 2.